The lowest BCUT2D eigenvalue weighted by molar-refractivity contribution is 0.355. The molecule has 1 aromatic heterocycles. The predicted molar refractivity (Wildman–Crippen MR) is 139 cm³/mol. The number of methoxy groups -OCH3 is 2. The second kappa shape index (κ2) is 10.1. The number of nitrogens with zero attached hydrogens (tertiary/aromatic N) is 3. The van der Waals surface area contributed by atoms with Crippen molar-refractivity contribution in [1.82, 2.24) is 9.78 Å². The second-order valence-corrected chi connectivity index (χ2v) is 10.1. The zero-order valence-corrected chi connectivity index (χ0v) is 21.2. The SMILES string of the molecule is COc1ccc(-c2nn(-c3ccccc3)cc2C=C(C#N)S(=O)(=O)c2ccc(C)c(C)c2)cc1OC. The Morgan fingerprint density at radius 2 is 1.67 bits per heavy atom. The van der Waals surface area contributed by atoms with Crippen molar-refractivity contribution in [1.29, 1.82) is 5.26 Å². The van der Waals surface area contributed by atoms with Crippen LogP contribution in [0.2, 0.25) is 0 Å². The number of benzene rings is 3. The first-order chi connectivity index (χ1) is 17.3. The number of nitriles is 1. The van der Waals surface area contributed by atoms with E-state index in [1.54, 1.807) is 48.3 Å². The Morgan fingerprint density at radius 3 is 2.31 bits per heavy atom. The minimum Gasteiger partial charge on any atom is -0.493 e. The molecule has 4 aromatic rings. The quantitative estimate of drug-likeness (QED) is 0.311. The third-order valence-corrected chi connectivity index (χ3v) is 7.56. The van der Waals surface area contributed by atoms with Crippen LogP contribution in [-0.2, 0) is 9.84 Å². The molecule has 3 aromatic carbocycles. The van der Waals surface area contributed by atoms with Crippen molar-refractivity contribution in [3.05, 3.63) is 94.5 Å². The topological polar surface area (TPSA) is 94.2 Å². The molecule has 0 saturated heterocycles. The van der Waals surface area contributed by atoms with E-state index in [1.807, 2.05) is 50.2 Å². The standard InChI is InChI=1S/C28H25N3O4S/c1-19-10-12-24(14-20(19)2)36(32,33)25(17-29)15-22-18-31(23-8-6-5-7-9-23)30-28(22)21-11-13-26(34-3)27(16-21)35-4/h5-16,18H,1-4H3. The Bertz CT molecular complexity index is 1600. The number of sulfone groups is 1. The van der Waals surface area contributed by atoms with Gasteiger partial charge in [0.2, 0.25) is 9.84 Å². The maximum atomic E-state index is 13.4. The highest BCUT2D eigenvalue weighted by molar-refractivity contribution is 7.95. The Hall–Kier alpha value is -4.35. The zero-order valence-electron chi connectivity index (χ0n) is 20.4. The summed E-state index contributed by atoms with van der Waals surface area (Å²) in [4.78, 5) is -0.304. The van der Waals surface area contributed by atoms with E-state index in [2.05, 4.69) is 0 Å². The summed E-state index contributed by atoms with van der Waals surface area (Å²) in [5, 5.41) is 14.6. The van der Waals surface area contributed by atoms with E-state index < -0.39 is 9.84 Å². The molecule has 0 radical (unpaired) electrons. The molecule has 0 fully saturated rings. The van der Waals surface area contributed by atoms with Crippen LogP contribution in [0.3, 0.4) is 0 Å². The van der Waals surface area contributed by atoms with Gasteiger partial charge in [0, 0.05) is 17.3 Å². The monoisotopic (exact) mass is 499 g/mol. The number of para-hydroxylation sites is 1. The Labute approximate surface area is 210 Å². The van der Waals surface area contributed by atoms with Crippen LogP contribution in [0.15, 0.2) is 82.7 Å². The van der Waals surface area contributed by atoms with E-state index >= 15 is 0 Å². The van der Waals surface area contributed by atoms with Crippen LogP contribution >= 0.6 is 0 Å². The molecule has 0 unspecified atom stereocenters. The minimum atomic E-state index is -4.05. The van der Waals surface area contributed by atoms with Gasteiger partial charge in [-0.2, -0.15) is 10.4 Å². The van der Waals surface area contributed by atoms with Crippen molar-refractivity contribution in [2.24, 2.45) is 0 Å². The molecule has 0 aliphatic rings. The molecular formula is C28H25N3O4S. The highest BCUT2D eigenvalue weighted by Crippen LogP contribution is 2.35. The van der Waals surface area contributed by atoms with E-state index in [1.165, 1.54) is 19.3 Å². The third kappa shape index (κ3) is 4.74. The Balaban J connectivity index is 1.91. The number of allylic oxidation sites excluding steroid dienone is 1. The zero-order chi connectivity index (χ0) is 25.9. The molecule has 0 spiro atoms. The molecule has 7 nitrogen and oxygen atoms in total. The summed E-state index contributed by atoms with van der Waals surface area (Å²) in [7, 11) is -0.963. The van der Waals surface area contributed by atoms with Gasteiger partial charge >= 0.3 is 0 Å². The normalized spacial score (nSPS) is 11.7. The van der Waals surface area contributed by atoms with Crippen LogP contribution in [0, 0.1) is 25.2 Å². The Kier molecular flexibility index (Phi) is 6.95. The number of ether oxygens (including phenoxy) is 2. The van der Waals surface area contributed by atoms with Gasteiger partial charge in [-0.25, -0.2) is 13.1 Å². The summed E-state index contributed by atoms with van der Waals surface area (Å²) in [6, 6.07) is 21.5. The summed E-state index contributed by atoms with van der Waals surface area (Å²) < 4.78 is 39.2. The molecule has 0 aliphatic heterocycles. The van der Waals surface area contributed by atoms with Gasteiger partial charge in [-0.15, -0.1) is 0 Å². The van der Waals surface area contributed by atoms with Gasteiger partial charge in [0.15, 0.2) is 11.5 Å². The highest BCUT2D eigenvalue weighted by Gasteiger charge is 2.23. The summed E-state index contributed by atoms with van der Waals surface area (Å²) in [5.74, 6) is 1.05. The molecule has 1 heterocycles. The summed E-state index contributed by atoms with van der Waals surface area (Å²) in [5.41, 5.74) is 4.22. The van der Waals surface area contributed by atoms with E-state index in [9.17, 15) is 13.7 Å². The van der Waals surface area contributed by atoms with Crippen LogP contribution in [0.1, 0.15) is 16.7 Å². The van der Waals surface area contributed by atoms with Crippen molar-refractivity contribution in [2.45, 2.75) is 18.7 Å². The lowest BCUT2D eigenvalue weighted by Gasteiger charge is -2.09. The summed E-state index contributed by atoms with van der Waals surface area (Å²) in [6.07, 6.45) is 3.07. The van der Waals surface area contributed by atoms with Gasteiger partial charge < -0.3 is 9.47 Å². The maximum Gasteiger partial charge on any atom is 0.216 e. The van der Waals surface area contributed by atoms with Gasteiger partial charge in [-0.1, -0.05) is 24.3 Å². The summed E-state index contributed by atoms with van der Waals surface area (Å²) in [6.45, 7) is 3.74. The lowest BCUT2D eigenvalue weighted by atomic mass is 10.1. The minimum absolute atomic E-state index is 0.0708. The lowest BCUT2D eigenvalue weighted by Crippen LogP contribution is -2.04. The van der Waals surface area contributed by atoms with Crippen molar-refractivity contribution in [2.75, 3.05) is 14.2 Å². The highest BCUT2D eigenvalue weighted by atomic mass is 32.2. The van der Waals surface area contributed by atoms with E-state index in [0.29, 0.717) is 28.3 Å². The molecule has 182 valence electrons. The second-order valence-electron chi connectivity index (χ2n) is 8.15. The van der Waals surface area contributed by atoms with Crippen molar-refractivity contribution >= 4 is 15.9 Å². The van der Waals surface area contributed by atoms with Gasteiger partial charge in [-0.3, -0.25) is 0 Å². The van der Waals surface area contributed by atoms with Crippen LogP contribution in [0.25, 0.3) is 23.0 Å². The number of hydrogen-bond donors (Lipinski definition) is 0. The predicted octanol–water partition coefficient (Wildman–Crippen LogP) is 5.51. The third-order valence-electron chi connectivity index (χ3n) is 5.90. The molecule has 0 atom stereocenters. The smallest absolute Gasteiger partial charge is 0.216 e. The molecule has 0 bridgehead atoms. The Morgan fingerprint density at radius 1 is 0.944 bits per heavy atom. The fourth-order valence-electron chi connectivity index (χ4n) is 3.73. The molecule has 0 aliphatic carbocycles. The fourth-order valence-corrected chi connectivity index (χ4v) is 4.97. The molecule has 0 N–H and O–H groups in total. The van der Waals surface area contributed by atoms with Crippen molar-refractivity contribution < 1.29 is 17.9 Å². The van der Waals surface area contributed by atoms with E-state index in [4.69, 9.17) is 14.6 Å². The summed E-state index contributed by atoms with van der Waals surface area (Å²) >= 11 is 0. The largest absolute Gasteiger partial charge is 0.493 e. The van der Waals surface area contributed by atoms with Gasteiger partial charge in [0.25, 0.3) is 0 Å². The molecule has 8 heteroatoms. The maximum absolute atomic E-state index is 13.4. The number of aryl methyl sites for hydroxylation is 2. The van der Waals surface area contributed by atoms with E-state index in [0.717, 1.165) is 16.8 Å². The first-order valence-electron chi connectivity index (χ1n) is 11.1. The first kappa shape index (κ1) is 24.8. The van der Waals surface area contributed by atoms with Crippen LogP contribution in [0.5, 0.6) is 11.5 Å². The average molecular weight is 500 g/mol. The van der Waals surface area contributed by atoms with Gasteiger partial charge in [0.05, 0.1) is 24.8 Å². The van der Waals surface area contributed by atoms with E-state index in [-0.39, 0.29) is 9.80 Å². The van der Waals surface area contributed by atoms with Crippen LogP contribution in [0.4, 0.5) is 0 Å². The molecule has 4 rings (SSSR count). The first-order valence-corrected chi connectivity index (χ1v) is 12.6. The van der Waals surface area contributed by atoms with Crippen LogP contribution in [-0.4, -0.2) is 32.4 Å². The fraction of sp³-hybridized carbons (Fsp3) is 0.143. The number of rotatable bonds is 7. The molecule has 0 saturated carbocycles. The number of aromatic nitrogens is 2. The number of hydrogen-bond acceptors (Lipinski definition) is 6. The molecule has 0 amide bonds. The van der Waals surface area contributed by atoms with Gasteiger partial charge in [0.1, 0.15) is 16.7 Å². The average Bonchev–Trinajstić information content (AvgIpc) is 3.32. The molecular weight excluding hydrogens is 474 g/mol. The van der Waals surface area contributed by atoms with Crippen molar-refractivity contribution in [3.8, 4) is 34.5 Å². The van der Waals surface area contributed by atoms with Gasteiger partial charge in [-0.05, 0) is 73.5 Å². The van der Waals surface area contributed by atoms with Crippen molar-refractivity contribution in [3.63, 3.8) is 0 Å². The molecule has 36 heavy (non-hydrogen) atoms. The van der Waals surface area contributed by atoms with Crippen LogP contribution < -0.4 is 9.47 Å².